The molecule has 0 fully saturated rings. The molecule has 0 radical (unpaired) electrons. The highest BCUT2D eigenvalue weighted by Crippen LogP contribution is 2.29. The van der Waals surface area contributed by atoms with Gasteiger partial charge in [0, 0.05) is 19.2 Å². The molecule has 146 valence electrons. The number of nitrogens with one attached hydrogen (secondary N) is 2. The predicted octanol–water partition coefficient (Wildman–Crippen LogP) is 3.84. The highest BCUT2D eigenvalue weighted by atomic mass is 35.5. The van der Waals surface area contributed by atoms with Crippen molar-refractivity contribution < 1.29 is 13.6 Å². The van der Waals surface area contributed by atoms with Crippen molar-refractivity contribution in [3.8, 4) is 5.69 Å². The maximum Gasteiger partial charge on any atom is 0.222 e. The van der Waals surface area contributed by atoms with Crippen molar-refractivity contribution in [2.24, 2.45) is 0 Å². The molecule has 11 heteroatoms. The van der Waals surface area contributed by atoms with Gasteiger partial charge in [0.25, 0.3) is 0 Å². The van der Waals surface area contributed by atoms with Gasteiger partial charge in [0.05, 0.1) is 16.6 Å². The zero-order valence-electron chi connectivity index (χ0n) is 14.8. The molecule has 4 rings (SSSR count). The summed E-state index contributed by atoms with van der Waals surface area (Å²) in [7, 11) is 0. The number of rotatable bonds is 4. The topological polar surface area (TPSA) is 97.6 Å². The van der Waals surface area contributed by atoms with Crippen LogP contribution in [0.25, 0.3) is 16.6 Å². The number of amides is 1. The second-order valence-corrected chi connectivity index (χ2v) is 6.36. The highest BCUT2D eigenvalue weighted by Gasteiger charge is 2.17. The van der Waals surface area contributed by atoms with E-state index < -0.39 is 11.6 Å². The molecule has 0 spiro atoms. The molecule has 1 amide bonds. The average molecular weight is 416 g/mol. The van der Waals surface area contributed by atoms with Gasteiger partial charge in [-0.05, 0) is 12.1 Å². The summed E-state index contributed by atoms with van der Waals surface area (Å²) in [5.74, 6) is -0.766. The van der Waals surface area contributed by atoms with Crippen LogP contribution in [0.3, 0.4) is 0 Å². The van der Waals surface area contributed by atoms with Crippen LogP contribution in [0.5, 0.6) is 0 Å². The van der Waals surface area contributed by atoms with Crippen molar-refractivity contribution in [1.82, 2.24) is 24.7 Å². The van der Waals surface area contributed by atoms with Gasteiger partial charge in [-0.2, -0.15) is 5.10 Å². The molecule has 0 atom stereocenters. The third-order valence-electron chi connectivity index (χ3n) is 3.89. The largest absolute Gasteiger partial charge is 0.324 e. The van der Waals surface area contributed by atoms with Gasteiger partial charge < -0.3 is 10.6 Å². The number of carbonyl (C=O) groups is 1. The Hall–Kier alpha value is -3.66. The molecule has 0 unspecified atom stereocenters. The lowest BCUT2D eigenvalue weighted by molar-refractivity contribution is -0.114. The number of hydrogen-bond acceptors (Lipinski definition) is 6. The molecular formula is C18H12ClF2N7O. The lowest BCUT2D eigenvalue weighted by Crippen LogP contribution is -2.08. The van der Waals surface area contributed by atoms with E-state index in [1.165, 1.54) is 43.7 Å². The summed E-state index contributed by atoms with van der Waals surface area (Å²) in [5.41, 5.74) is -0.0383. The summed E-state index contributed by atoms with van der Waals surface area (Å²) >= 11 is 6.08. The van der Waals surface area contributed by atoms with Gasteiger partial charge in [0.1, 0.15) is 40.8 Å². The molecular weight excluding hydrogens is 404 g/mol. The standard InChI is InChI=1S/C18H12ClF2N7O/c1-9(29)25-14-5-15(24-8-23-14)26-18-10-7-28(27-16(10)13(21)6-22-18)17-11(19)3-2-4-12(17)20/h2-8H,1H3,(H2,22,23,24,25,26,29). The van der Waals surface area contributed by atoms with E-state index in [0.717, 1.165) is 10.9 Å². The van der Waals surface area contributed by atoms with Crippen molar-refractivity contribution >= 4 is 45.9 Å². The Balaban J connectivity index is 1.78. The minimum Gasteiger partial charge on any atom is -0.324 e. The van der Waals surface area contributed by atoms with Crippen LogP contribution >= 0.6 is 11.6 Å². The number of benzene rings is 1. The van der Waals surface area contributed by atoms with Crippen LogP contribution in [0.15, 0.2) is 43.0 Å². The van der Waals surface area contributed by atoms with Crippen LogP contribution in [0.1, 0.15) is 6.92 Å². The van der Waals surface area contributed by atoms with Crippen LogP contribution in [0, 0.1) is 11.6 Å². The van der Waals surface area contributed by atoms with Gasteiger partial charge in [-0.3, -0.25) is 4.79 Å². The number of pyridine rings is 1. The number of aromatic nitrogens is 5. The van der Waals surface area contributed by atoms with Gasteiger partial charge >= 0.3 is 0 Å². The average Bonchev–Trinajstić information content (AvgIpc) is 3.10. The van der Waals surface area contributed by atoms with E-state index in [4.69, 9.17) is 11.6 Å². The fourth-order valence-corrected chi connectivity index (χ4v) is 2.94. The highest BCUT2D eigenvalue weighted by molar-refractivity contribution is 6.32. The number of para-hydroxylation sites is 1. The van der Waals surface area contributed by atoms with Crippen LogP contribution in [-0.4, -0.2) is 30.6 Å². The first-order valence-electron chi connectivity index (χ1n) is 8.27. The lowest BCUT2D eigenvalue weighted by atomic mass is 10.3. The van der Waals surface area contributed by atoms with Crippen LogP contribution in [0.4, 0.5) is 26.2 Å². The van der Waals surface area contributed by atoms with E-state index in [0.29, 0.717) is 5.82 Å². The van der Waals surface area contributed by atoms with E-state index in [-0.39, 0.29) is 39.2 Å². The number of halogens is 3. The monoisotopic (exact) mass is 415 g/mol. The molecule has 0 bridgehead atoms. The van der Waals surface area contributed by atoms with Crippen molar-refractivity contribution in [3.05, 3.63) is 59.6 Å². The minimum absolute atomic E-state index is 0.00861. The Bertz CT molecular complexity index is 1220. The smallest absolute Gasteiger partial charge is 0.222 e. The lowest BCUT2D eigenvalue weighted by Gasteiger charge is -2.07. The molecule has 29 heavy (non-hydrogen) atoms. The Labute approximate surface area is 167 Å². The summed E-state index contributed by atoms with van der Waals surface area (Å²) in [6, 6.07) is 5.67. The molecule has 8 nitrogen and oxygen atoms in total. The third-order valence-corrected chi connectivity index (χ3v) is 4.19. The Morgan fingerprint density at radius 3 is 2.69 bits per heavy atom. The first-order valence-corrected chi connectivity index (χ1v) is 8.65. The maximum absolute atomic E-state index is 14.3. The SMILES string of the molecule is CC(=O)Nc1cc(Nc2ncc(F)c3nn(-c4c(F)cccc4Cl)cc23)ncn1. The second kappa shape index (κ2) is 7.40. The number of hydrogen-bond donors (Lipinski definition) is 2. The Kier molecular flexibility index (Phi) is 4.77. The summed E-state index contributed by atoms with van der Waals surface area (Å²) in [5, 5.41) is 9.97. The predicted molar refractivity (Wildman–Crippen MR) is 103 cm³/mol. The molecule has 0 aliphatic carbocycles. The number of nitrogens with zero attached hydrogens (tertiary/aromatic N) is 5. The zero-order chi connectivity index (χ0) is 20.5. The fraction of sp³-hybridized carbons (Fsp3) is 0.0556. The van der Waals surface area contributed by atoms with Gasteiger partial charge in [-0.15, -0.1) is 0 Å². The zero-order valence-corrected chi connectivity index (χ0v) is 15.6. The van der Waals surface area contributed by atoms with Gasteiger partial charge in [0.2, 0.25) is 5.91 Å². The molecule has 1 aromatic carbocycles. The van der Waals surface area contributed by atoms with E-state index in [1.807, 2.05) is 0 Å². The minimum atomic E-state index is -0.682. The van der Waals surface area contributed by atoms with E-state index >= 15 is 0 Å². The Morgan fingerprint density at radius 1 is 1.14 bits per heavy atom. The van der Waals surface area contributed by atoms with Gasteiger partial charge in [-0.1, -0.05) is 17.7 Å². The molecule has 0 saturated heterocycles. The fourth-order valence-electron chi connectivity index (χ4n) is 2.69. The summed E-state index contributed by atoms with van der Waals surface area (Å²) in [6.07, 6.45) is 3.64. The van der Waals surface area contributed by atoms with Crippen molar-refractivity contribution in [1.29, 1.82) is 0 Å². The van der Waals surface area contributed by atoms with Crippen LogP contribution in [0.2, 0.25) is 5.02 Å². The Morgan fingerprint density at radius 2 is 1.93 bits per heavy atom. The molecule has 4 aromatic rings. The molecule has 2 N–H and O–H groups in total. The van der Waals surface area contributed by atoms with Crippen molar-refractivity contribution in [2.45, 2.75) is 6.92 Å². The van der Waals surface area contributed by atoms with Crippen molar-refractivity contribution in [3.63, 3.8) is 0 Å². The molecule has 0 saturated carbocycles. The second-order valence-electron chi connectivity index (χ2n) is 5.96. The number of fused-ring (bicyclic) bond motifs is 1. The molecule has 0 aliphatic rings. The maximum atomic E-state index is 14.3. The molecule has 3 heterocycles. The normalized spacial score (nSPS) is 10.9. The van der Waals surface area contributed by atoms with Crippen LogP contribution in [-0.2, 0) is 4.79 Å². The first kappa shape index (κ1) is 18.7. The van der Waals surface area contributed by atoms with E-state index in [9.17, 15) is 13.6 Å². The quantitative estimate of drug-likeness (QED) is 0.525. The van der Waals surface area contributed by atoms with Crippen molar-refractivity contribution in [2.75, 3.05) is 10.6 Å². The third kappa shape index (κ3) is 3.69. The van der Waals surface area contributed by atoms with Crippen LogP contribution < -0.4 is 10.6 Å². The van der Waals surface area contributed by atoms with Gasteiger partial charge in [-0.25, -0.2) is 28.4 Å². The van der Waals surface area contributed by atoms with E-state index in [1.54, 1.807) is 0 Å². The summed E-state index contributed by atoms with van der Waals surface area (Å²) < 4.78 is 29.7. The summed E-state index contributed by atoms with van der Waals surface area (Å²) in [4.78, 5) is 23.2. The van der Waals surface area contributed by atoms with Gasteiger partial charge in [0.15, 0.2) is 5.82 Å². The number of anilines is 3. The molecule has 0 aliphatic heterocycles. The molecule has 3 aromatic heterocycles. The summed E-state index contributed by atoms with van der Waals surface area (Å²) in [6.45, 7) is 1.35. The first-order chi connectivity index (χ1) is 13.9. The number of carbonyl (C=O) groups excluding carboxylic acids is 1. The van der Waals surface area contributed by atoms with E-state index in [2.05, 4.69) is 30.7 Å².